The van der Waals surface area contributed by atoms with Crippen molar-refractivity contribution in [1.82, 2.24) is 10.3 Å². The lowest BCUT2D eigenvalue weighted by Gasteiger charge is -2.09. The molecule has 8 heteroatoms. The average molecular weight is 264 g/mol. The standard InChI is InChI=1S/C10H11F3N2O3/c11-10(12,13)8-2-1-6(3-14-8)9(18)15-4-7(17)5-16/h1-3,7,16-17H,4-5H2,(H,15,18). The van der Waals surface area contributed by atoms with E-state index in [0.717, 1.165) is 12.3 Å². The van der Waals surface area contributed by atoms with Crippen LogP contribution in [0.4, 0.5) is 13.2 Å². The van der Waals surface area contributed by atoms with E-state index in [4.69, 9.17) is 10.2 Å². The van der Waals surface area contributed by atoms with Crippen LogP contribution in [0.2, 0.25) is 0 Å². The highest BCUT2D eigenvalue weighted by molar-refractivity contribution is 5.93. The molecule has 0 saturated carbocycles. The number of nitrogens with zero attached hydrogens (tertiary/aromatic N) is 1. The summed E-state index contributed by atoms with van der Waals surface area (Å²) in [5.74, 6) is -0.677. The summed E-state index contributed by atoms with van der Waals surface area (Å²) in [6.07, 6.45) is -4.87. The maximum atomic E-state index is 12.2. The number of halogens is 3. The van der Waals surface area contributed by atoms with Gasteiger partial charge in [-0.3, -0.25) is 9.78 Å². The summed E-state index contributed by atoms with van der Waals surface area (Å²) in [6, 6.07) is 1.67. The summed E-state index contributed by atoms with van der Waals surface area (Å²) >= 11 is 0. The molecule has 1 amide bonds. The summed E-state index contributed by atoms with van der Waals surface area (Å²) in [4.78, 5) is 14.5. The van der Waals surface area contributed by atoms with Gasteiger partial charge in [0.05, 0.1) is 18.3 Å². The quantitative estimate of drug-likeness (QED) is 0.724. The van der Waals surface area contributed by atoms with E-state index < -0.39 is 30.5 Å². The molecule has 0 aliphatic rings. The summed E-state index contributed by atoms with van der Waals surface area (Å²) < 4.78 is 36.6. The molecule has 0 aliphatic heterocycles. The highest BCUT2D eigenvalue weighted by Gasteiger charge is 2.32. The fraction of sp³-hybridized carbons (Fsp3) is 0.400. The van der Waals surface area contributed by atoms with Crippen LogP contribution in [-0.4, -0.2) is 40.4 Å². The van der Waals surface area contributed by atoms with E-state index in [2.05, 4.69) is 10.3 Å². The van der Waals surface area contributed by atoms with Crippen molar-refractivity contribution < 1.29 is 28.2 Å². The Hall–Kier alpha value is -1.67. The lowest BCUT2D eigenvalue weighted by Crippen LogP contribution is -2.34. The molecule has 1 atom stereocenters. The Bertz CT molecular complexity index is 406. The maximum Gasteiger partial charge on any atom is 0.433 e. The third kappa shape index (κ3) is 3.97. The normalized spacial score (nSPS) is 13.2. The molecular formula is C10H11F3N2O3. The van der Waals surface area contributed by atoms with E-state index in [1.54, 1.807) is 0 Å². The van der Waals surface area contributed by atoms with E-state index in [1.807, 2.05) is 0 Å². The van der Waals surface area contributed by atoms with Crippen molar-refractivity contribution in [2.75, 3.05) is 13.2 Å². The number of amides is 1. The van der Waals surface area contributed by atoms with Gasteiger partial charge in [0.1, 0.15) is 5.69 Å². The molecule has 0 radical (unpaired) electrons. The van der Waals surface area contributed by atoms with Crippen molar-refractivity contribution in [1.29, 1.82) is 0 Å². The number of pyridine rings is 1. The Morgan fingerprint density at radius 1 is 1.44 bits per heavy atom. The first-order valence-corrected chi connectivity index (χ1v) is 4.95. The Balaban J connectivity index is 2.65. The molecule has 18 heavy (non-hydrogen) atoms. The molecule has 5 nitrogen and oxygen atoms in total. The molecule has 1 aromatic heterocycles. The van der Waals surface area contributed by atoms with Gasteiger partial charge >= 0.3 is 6.18 Å². The highest BCUT2D eigenvalue weighted by atomic mass is 19.4. The zero-order chi connectivity index (χ0) is 13.8. The monoisotopic (exact) mass is 264 g/mol. The second kappa shape index (κ2) is 5.78. The maximum absolute atomic E-state index is 12.2. The first-order chi connectivity index (χ1) is 8.34. The molecule has 100 valence electrons. The second-order valence-corrected chi connectivity index (χ2v) is 3.48. The van der Waals surface area contributed by atoms with Crippen molar-refractivity contribution in [2.24, 2.45) is 0 Å². The SMILES string of the molecule is O=C(NCC(O)CO)c1ccc(C(F)(F)F)nc1. The van der Waals surface area contributed by atoms with Gasteiger partial charge in [0, 0.05) is 12.7 Å². The molecule has 0 fully saturated rings. The van der Waals surface area contributed by atoms with Crippen LogP contribution < -0.4 is 5.32 Å². The van der Waals surface area contributed by atoms with Gasteiger partial charge in [0.25, 0.3) is 5.91 Å². The molecule has 0 saturated heterocycles. The first kappa shape index (κ1) is 14.4. The van der Waals surface area contributed by atoms with Crippen molar-refractivity contribution in [3.05, 3.63) is 29.6 Å². The fourth-order valence-electron chi connectivity index (χ4n) is 1.07. The van der Waals surface area contributed by atoms with E-state index in [-0.39, 0.29) is 12.1 Å². The third-order valence-electron chi connectivity index (χ3n) is 2.03. The first-order valence-electron chi connectivity index (χ1n) is 4.95. The predicted molar refractivity (Wildman–Crippen MR) is 54.7 cm³/mol. The van der Waals surface area contributed by atoms with Crippen LogP contribution in [0.5, 0.6) is 0 Å². The molecular weight excluding hydrogens is 253 g/mol. The number of aliphatic hydroxyl groups excluding tert-OH is 2. The van der Waals surface area contributed by atoms with Crippen LogP contribution in [0.15, 0.2) is 18.3 Å². The average Bonchev–Trinajstić information content (AvgIpc) is 2.34. The number of hydrogen-bond acceptors (Lipinski definition) is 4. The molecule has 1 rings (SSSR count). The molecule has 1 unspecified atom stereocenters. The van der Waals surface area contributed by atoms with Gasteiger partial charge in [-0.05, 0) is 12.1 Å². The van der Waals surface area contributed by atoms with Crippen LogP contribution in [0.25, 0.3) is 0 Å². The van der Waals surface area contributed by atoms with Crippen LogP contribution in [0, 0.1) is 0 Å². The van der Waals surface area contributed by atoms with Gasteiger partial charge in [0.15, 0.2) is 0 Å². The van der Waals surface area contributed by atoms with Gasteiger partial charge in [-0.15, -0.1) is 0 Å². The zero-order valence-electron chi connectivity index (χ0n) is 9.11. The summed E-state index contributed by atoms with van der Waals surface area (Å²) in [5.41, 5.74) is -1.15. The van der Waals surface area contributed by atoms with Gasteiger partial charge in [-0.1, -0.05) is 0 Å². The van der Waals surface area contributed by atoms with E-state index >= 15 is 0 Å². The smallest absolute Gasteiger partial charge is 0.394 e. The second-order valence-electron chi connectivity index (χ2n) is 3.48. The van der Waals surface area contributed by atoms with Crippen LogP contribution in [0.3, 0.4) is 0 Å². The molecule has 1 heterocycles. The minimum Gasteiger partial charge on any atom is -0.394 e. The molecule has 0 aromatic carbocycles. The largest absolute Gasteiger partial charge is 0.433 e. The van der Waals surface area contributed by atoms with Crippen molar-refractivity contribution in [2.45, 2.75) is 12.3 Å². The molecule has 0 spiro atoms. The van der Waals surface area contributed by atoms with E-state index in [9.17, 15) is 18.0 Å². The van der Waals surface area contributed by atoms with Crippen LogP contribution in [-0.2, 0) is 6.18 Å². The van der Waals surface area contributed by atoms with Crippen LogP contribution >= 0.6 is 0 Å². The Morgan fingerprint density at radius 2 is 2.11 bits per heavy atom. The number of alkyl halides is 3. The van der Waals surface area contributed by atoms with Crippen LogP contribution in [0.1, 0.15) is 16.1 Å². The topological polar surface area (TPSA) is 82.5 Å². The van der Waals surface area contributed by atoms with Crippen molar-refractivity contribution >= 4 is 5.91 Å². The Kier molecular flexibility index (Phi) is 4.62. The number of aromatic nitrogens is 1. The Morgan fingerprint density at radius 3 is 2.56 bits per heavy atom. The van der Waals surface area contributed by atoms with E-state index in [1.165, 1.54) is 0 Å². The number of carbonyl (C=O) groups excluding carboxylic acids is 1. The summed E-state index contributed by atoms with van der Waals surface area (Å²) in [7, 11) is 0. The molecule has 1 aromatic rings. The third-order valence-corrected chi connectivity index (χ3v) is 2.03. The predicted octanol–water partition coefficient (Wildman–Crippen LogP) is 0.183. The molecule has 0 aliphatic carbocycles. The number of hydrogen-bond donors (Lipinski definition) is 3. The van der Waals surface area contributed by atoms with Gasteiger partial charge in [-0.25, -0.2) is 0 Å². The van der Waals surface area contributed by atoms with Gasteiger partial charge < -0.3 is 15.5 Å². The molecule has 0 bridgehead atoms. The summed E-state index contributed by atoms with van der Waals surface area (Å²) in [5, 5.41) is 19.7. The number of carbonyl (C=O) groups is 1. The number of nitrogens with one attached hydrogen (secondary N) is 1. The van der Waals surface area contributed by atoms with Crippen molar-refractivity contribution in [3.8, 4) is 0 Å². The Labute approximate surface area is 100 Å². The number of rotatable bonds is 4. The minimum atomic E-state index is -4.55. The van der Waals surface area contributed by atoms with Gasteiger partial charge in [-0.2, -0.15) is 13.2 Å². The summed E-state index contributed by atoms with van der Waals surface area (Å²) in [6.45, 7) is -0.720. The lowest BCUT2D eigenvalue weighted by atomic mass is 10.2. The lowest BCUT2D eigenvalue weighted by molar-refractivity contribution is -0.141. The zero-order valence-corrected chi connectivity index (χ0v) is 9.11. The van der Waals surface area contributed by atoms with Crippen molar-refractivity contribution in [3.63, 3.8) is 0 Å². The highest BCUT2D eigenvalue weighted by Crippen LogP contribution is 2.27. The minimum absolute atomic E-state index is 0.0619. The fourth-order valence-corrected chi connectivity index (χ4v) is 1.07. The number of aliphatic hydroxyl groups is 2. The molecule has 3 N–H and O–H groups in total. The van der Waals surface area contributed by atoms with Gasteiger partial charge in [0.2, 0.25) is 0 Å². The van der Waals surface area contributed by atoms with E-state index in [0.29, 0.717) is 6.07 Å².